The summed E-state index contributed by atoms with van der Waals surface area (Å²) in [4.78, 5) is 17.1. The Morgan fingerprint density at radius 2 is 1.68 bits per heavy atom. The smallest absolute Gasteiger partial charge is 0.242 e. The fourth-order valence-electron chi connectivity index (χ4n) is 3.20. The normalized spacial score (nSPS) is 12.4. The SMILES string of the molecule is O=C(CSc1nnnn1-c1ccc(Cl)cc1)N1c2ccccc2Sc2ccc(Cl)cc21. The average Bonchev–Trinajstić information content (AvgIpc) is 3.25. The zero-order valence-electron chi connectivity index (χ0n) is 15.8. The summed E-state index contributed by atoms with van der Waals surface area (Å²) in [7, 11) is 0. The molecule has 2 heterocycles. The number of thioether (sulfide) groups is 1. The van der Waals surface area contributed by atoms with Gasteiger partial charge in [-0.2, -0.15) is 4.68 Å². The molecule has 1 aromatic heterocycles. The van der Waals surface area contributed by atoms with Crippen LogP contribution in [0.5, 0.6) is 0 Å². The van der Waals surface area contributed by atoms with E-state index in [1.54, 1.807) is 33.5 Å². The molecule has 0 bridgehead atoms. The van der Waals surface area contributed by atoms with Gasteiger partial charge < -0.3 is 0 Å². The van der Waals surface area contributed by atoms with Crippen LogP contribution in [0, 0.1) is 0 Å². The molecule has 0 unspecified atom stereocenters. The number of aromatic nitrogens is 4. The lowest BCUT2D eigenvalue weighted by molar-refractivity contribution is -0.115. The molecule has 0 saturated carbocycles. The molecule has 0 fully saturated rings. The van der Waals surface area contributed by atoms with Crippen molar-refractivity contribution in [1.29, 1.82) is 0 Å². The molecule has 0 atom stereocenters. The molecule has 3 aromatic carbocycles. The van der Waals surface area contributed by atoms with Crippen LogP contribution in [0.2, 0.25) is 10.0 Å². The Hall–Kier alpha value is -2.52. The Kier molecular flexibility index (Phi) is 5.62. The second kappa shape index (κ2) is 8.55. The van der Waals surface area contributed by atoms with E-state index in [0.29, 0.717) is 15.2 Å². The lowest BCUT2D eigenvalue weighted by Gasteiger charge is -2.31. The molecule has 4 aromatic rings. The Labute approximate surface area is 196 Å². The van der Waals surface area contributed by atoms with E-state index >= 15 is 0 Å². The van der Waals surface area contributed by atoms with Crippen LogP contribution in [-0.4, -0.2) is 31.9 Å². The van der Waals surface area contributed by atoms with Gasteiger partial charge in [0.15, 0.2) is 0 Å². The Bertz CT molecular complexity index is 1280. The molecule has 31 heavy (non-hydrogen) atoms. The molecule has 10 heteroatoms. The van der Waals surface area contributed by atoms with Crippen LogP contribution in [0.25, 0.3) is 5.69 Å². The van der Waals surface area contributed by atoms with Gasteiger partial charge >= 0.3 is 0 Å². The number of para-hydroxylation sites is 1. The van der Waals surface area contributed by atoms with E-state index < -0.39 is 0 Å². The monoisotopic (exact) mass is 485 g/mol. The summed E-state index contributed by atoms with van der Waals surface area (Å²) in [5.74, 6) is 0.0609. The molecule has 0 N–H and O–H groups in total. The van der Waals surface area contributed by atoms with Gasteiger partial charge in [-0.15, -0.1) is 5.10 Å². The van der Waals surface area contributed by atoms with Crippen molar-refractivity contribution in [2.24, 2.45) is 0 Å². The van der Waals surface area contributed by atoms with Gasteiger partial charge in [0.2, 0.25) is 11.1 Å². The summed E-state index contributed by atoms with van der Waals surface area (Å²) < 4.78 is 1.58. The number of halogens is 2. The van der Waals surface area contributed by atoms with E-state index in [1.807, 2.05) is 54.6 Å². The van der Waals surface area contributed by atoms with Gasteiger partial charge in [-0.3, -0.25) is 9.69 Å². The number of hydrogen-bond acceptors (Lipinski definition) is 6. The highest BCUT2D eigenvalue weighted by Gasteiger charge is 2.28. The first-order valence-corrected chi connectivity index (χ1v) is 11.7. The molecule has 5 rings (SSSR count). The summed E-state index contributed by atoms with van der Waals surface area (Å²) in [5.41, 5.74) is 2.38. The first-order chi connectivity index (χ1) is 15.1. The zero-order valence-corrected chi connectivity index (χ0v) is 18.9. The van der Waals surface area contributed by atoms with E-state index in [1.165, 1.54) is 11.8 Å². The molecule has 0 aliphatic carbocycles. The van der Waals surface area contributed by atoms with E-state index in [-0.39, 0.29) is 11.7 Å². The number of carbonyl (C=O) groups is 1. The van der Waals surface area contributed by atoms with Crippen LogP contribution >= 0.6 is 46.7 Å². The number of carbonyl (C=O) groups excluding carboxylic acids is 1. The molecule has 0 radical (unpaired) electrons. The molecular weight excluding hydrogens is 473 g/mol. The molecule has 1 aliphatic rings. The van der Waals surface area contributed by atoms with Crippen molar-refractivity contribution in [3.8, 4) is 5.69 Å². The Balaban J connectivity index is 1.43. The number of amides is 1. The highest BCUT2D eigenvalue weighted by Crippen LogP contribution is 2.49. The van der Waals surface area contributed by atoms with Gasteiger partial charge in [0.25, 0.3) is 0 Å². The zero-order chi connectivity index (χ0) is 21.4. The number of benzene rings is 3. The average molecular weight is 486 g/mol. The number of rotatable bonds is 4. The standard InChI is InChI=1S/C21H13Cl2N5OS2/c22-13-5-8-15(9-6-13)28-21(24-25-26-28)30-12-20(29)27-16-3-1-2-4-18(16)31-19-10-7-14(23)11-17(19)27/h1-11H,12H2. The lowest BCUT2D eigenvalue weighted by atomic mass is 10.2. The molecular formula is C21H13Cl2N5OS2. The van der Waals surface area contributed by atoms with Crippen LogP contribution in [0.4, 0.5) is 11.4 Å². The quantitative estimate of drug-likeness (QED) is 0.335. The highest BCUT2D eigenvalue weighted by molar-refractivity contribution is 8.00. The van der Waals surface area contributed by atoms with Crippen LogP contribution in [0.3, 0.4) is 0 Å². The number of nitrogens with zero attached hydrogens (tertiary/aromatic N) is 5. The highest BCUT2D eigenvalue weighted by atomic mass is 35.5. The van der Waals surface area contributed by atoms with Gasteiger partial charge in [-0.05, 0) is 65.0 Å². The third kappa shape index (κ3) is 4.04. The Morgan fingerprint density at radius 1 is 0.935 bits per heavy atom. The van der Waals surface area contributed by atoms with E-state index in [0.717, 1.165) is 26.9 Å². The topological polar surface area (TPSA) is 63.9 Å². The maximum Gasteiger partial charge on any atom is 0.242 e. The molecule has 6 nitrogen and oxygen atoms in total. The van der Waals surface area contributed by atoms with Crippen LogP contribution in [0.15, 0.2) is 81.7 Å². The maximum absolute atomic E-state index is 13.4. The molecule has 0 spiro atoms. The molecule has 0 saturated heterocycles. The van der Waals surface area contributed by atoms with E-state index in [4.69, 9.17) is 23.2 Å². The molecule has 1 aliphatic heterocycles. The Morgan fingerprint density at radius 3 is 2.52 bits per heavy atom. The van der Waals surface area contributed by atoms with Crippen molar-refractivity contribution in [1.82, 2.24) is 20.2 Å². The minimum absolute atomic E-state index is 0.0908. The second-order valence-corrected chi connectivity index (χ2v) is 9.45. The van der Waals surface area contributed by atoms with Crippen molar-refractivity contribution >= 4 is 64.0 Å². The van der Waals surface area contributed by atoms with Crippen LogP contribution in [-0.2, 0) is 4.79 Å². The van der Waals surface area contributed by atoms with E-state index in [2.05, 4.69) is 15.5 Å². The predicted molar refractivity (Wildman–Crippen MR) is 124 cm³/mol. The number of fused-ring (bicyclic) bond motifs is 2. The van der Waals surface area contributed by atoms with Crippen molar-refractivity contribution in [3.63, 3.8) is 0 Å². The largest absolute Gasteiger partial charge is 0.278 e. The molecule has 154 valence electrons. The van der Waals surface area contributed by atoms with E-state index in [9.17, 15) is 4.79 Å². The van der Waals surface area contributed by atoms with Crippen molar-refractivity contribution in [2.45, 2.75) is 14.9 Å². The van der Waals surface area contributed by atoms with Gasteiger partial charge in [0.1, 0.15) is 0 Å². The molecule has 1 amide bonds. The second-order valence-electron chi connectivity index (χ2n) is 6.55. The van der Waals surface area contributed by atoms with Gasteiger partial charge in [-0.25, -0.2) is 0 Å². The summed E-state index contributed by atoms with van der Waals surface area (Å²) >= 11 is 15.1. The van der Waals surface area contributed by atoms with Crippen molar-refractivity contribution < 1.29 is 4.79 Å². The summed E-state index contributed by atoms with van der Waals surface area (Å²) in [6.07, 6.45) is 0. The minimum atomic E-state index is -0.0908. The fourth-order valence-corrected chi connectivity index (χ4v) is 5.27. The van der Waals surface area contributed by atoms with Crippen LogP contribution in [0.1, 0.15) is 0 Å². The van der Waals surface area contributed by atoms with Gasteiger partial charge in [0, 0.05) is 19.8 Å². The lowest BCUT2D eigenvalue weighted by Crippen LogP contribution is -2.30. The summed E-state index contributed by atoms with van der Waals surface area (Å²) in [6.45, 7) is 0. The maximum atomic E-state index is 13.4. The first kappa shape index (κ1) is 20.4. The van der Waals surface area contributed by atoms with Gasteiger partial charge in [-0.1, -0.05) is 58.9 Å². The minimum Gasteiger partial charge on any atom is -0.278 e. The van der Waals surface area contributed by atoms with Crippen LogP contribution < -0.4 is 4.90 Å². The summed E-state index contributed by atoms with van der Waals surface area (Å²) in [6, 6.07) is 20.6. The summed E-state index contributed by atoms with van der Waals surface area (Å²) in [5, 5.41) is 13.6. The number of hydrogen-bond donors (Lipinski definition) is 0. The van der Waals surface area contributed by atoms with Crippen molar-refractivity contribution in [2.75, 3.05) is 10.7 Å². The third-order valence-corrected chi connectivity index (χ3v) is 7.10. The number of tetrazole rings is 1. The fraction of sp³-hybridized carbons (Fsp3) is 0.0476. The predicted octanol–water partition coefficient (Wildman–Crippen LogP) is 5.89. The third-order valence-electron chi connectivity index (χ3n) is 4.57. The first-order valence-electron chi connectivity index (χ1n) is 9.17. The van der Waals surface area contributed by atoms with Crippen molar-refractivity contribution in [3.05, 3.63) is 76.8 Å². The van der Waals surface area contributed by atoms with Gasteiger partial charge in [0.05, 0.1) is 22.8 Å². The number of anilines is 2.